The van der Waals surface area contributed by atoms with Crippen LogP contribution in [0, 0.1) is 5.92 Å². The predicted octanol–water partition coefficient (Wildman–Crippen LogP) is 2.83. The standard InChI is InChI=1S/C8H13F3O2/c1-2-6(8(9,10)11)4-3-5-7(12)13/h6H,2-5H2,1H3,(H,12,13). The van der Waals surface area contributed by atoms with Crippen molar-refractivity contribution in [2.75, 3.05) is 0 Å². The second-order valence-electron chi connectivity index (χ2n) is 2.93. The Morgan fingerprint density at radius 2 is 2.00 bits per heavy atom. The third kappa shape index (κ3) is 5.49. The molecule has 0 aliphatic rings. The van der Waals surface area contributed by atoms with Crippen LogP contribution in [0.15, 0.2) is 0 Å². The first-order valence-corrected chi connectivity index (χ1v) is 4.16. The Bertz CT molecular complexity index is 165. The van der Waals surface area contributed by atoms with Gasteiger partial charge in [0.05, 0.1) is 5.92 Å². The molecule has 1 atom stereocenters. The fourth-order valence-corrected chi connectivity index (χ4v) is 1.10. The van der Waals surface area contributed by atoms with Gasteiger partial charge in [-0.05, 0) is 19.3 Å². The lowest BCUT2D eigenvalue weighted by Gasteiger charge is -2.17. The molecule has 0 aliphatic heterocycles. The summed E-state index contributed by atoms with van der Waals surface area (Å²) in [5, 5.41) is 8.22. The van der Waals surface area contributed by atoms with E-state index >= 15 is 0 Å². The summed E-state index contributed by atoms with van der Waals surface area (Å²) in [6.07, 6.45) is -4.36. The van der Waals surface area contributed by atoms with Crippen LogP contribution in [0.2, 0.25) is 0 Å². The summed E-state index contributed by atoms with van der Waals surface area (Å²) in [5.74, 6) is -2.40. The van der Waals surface area contributed by atoms with Crippen LogP contribution in [-0.2, 0) is 4.79 Å². The van der Waals surface area contributed by atoms with E-state index in [-0.39, 0.29) is 25.7 Å². The minimum absolute atomic E-state index is 0.0170. The van der Waals surface area contributed by atoms with E-state index in [1.165, 1.54) is 6.92 Å². The highest BCUT2D eigenvalue weighted by Gasteiger charge is 2.37. The Kier molecular flexibility index (Phi) is 4.80. The number of hydrogen-bond acceptors (Lipinski definition) is 1. The van der Waals surface area contributed by atoms with Gasteiger partial charge in [0.2, 0.25) is 0 Å². The van der Waals surface area contributed by atoms with Gasteiger partial charge in [0.1, 0.15) is 0 Å². The molecule has 0 bridgehead atoms. The summed E-state index contributed by atoms with van der Waals surface area (Å²) in [7, 11) is 0. The molecule has 78 valence electrons. The van der Waals surface area contributed by atoms with Gasteiger partial charge in [-0.15, -0.1) is 0 Å². The second kappa shape index (κ2) is 5.09. The molecule has 1 unspecified atom stereocenters. The third-order valence-corrected chi connectivity index (χ3v) is 1.90. The molecule has 0 heterocycles. The molecule has 5 heteroatoms. The number of alkyl halides is 3. The van der Waals surface area contributed by atoms with Crippen LogP contribution in [0.4, 0.5) is 13.2 Å². The zero-order chi connectivity index (χ0) is 10.5. The average molecular weight is 198 g/mol. The zero-order valence-corrected chi connectivity index (χ0v) is 7.40. The molecule has 1 N–H and O–H groups in total. The number of halogens is 3. The summed E-state index contributed by atoms with van der Waals surface area (Å²) >= 11 is 0. The van der Waals surface area contributed by atoms with E-state index < -0.39 is 18.1 Å². The lowest BCUT2D eigenvalue weighted by atomic mass is 9.99. The van der Waals surface area contributed by atoms with Crippen molar-refractivity contribution < 1.29 is 23.1 Å². The maximum atomic E-state index is 12.1. The third-order valence-electron chi connectivity index (χ3n) is 1.90. The van der Waals surface area contributed by atoms with Crippen LogP contribution in [0.3, 0.4) is 0 Å². The van der Waals surface area contributed by atoms with Crippen molar-refractivity contribution in [1.29, 1.82) is 0 Å². The largest absolute Gasteiger partial charge is 0.481 e. The van der Waals surface area contributed by atoms with E-state index in [1.807, 2.05) is 0 Å². The molecule has 0 saturated carbocycles. The topological polar surface area (TPSA) is 37.3 Å². The van der Waals surface area contributed by atoms with E-state index in [9.17, 15) is 18.0 Å². The summed E-state index contributed by atoms with van der Waals surface area (Å²) in [4.78, 5) is 10.0. The predicted molar refractivity (Wildman–Crippen MR) is 41.3 cm³/mol. The van der Waals surface area contributed by atoms with Crippen molar-refractivity contribution in [3.05, 3.63) is 0 Å². The number of rotatable bonds is 5. The van der Waals surface area contributed by atoms with Crippen molar-refractivity contribution in [2.45, 2.75) is 38.8 Å². The van der Waals surface area contributed by atoms with E-state index in [0.29, 0.717) is 0 Å². The first kappa shape index (κ1) is 12.3. The molecule has 0 radical (unpaired) electrons. The van der Waals surface area contributed by atoms with Gasteiger partial charge >= 0.3 is 12.1 Å². The van der Waals surface area contributed by atoms with Crippen molar-refractivity contribution >= 4 is 5.97 Å². The lowest BCUT2D eigenvalue weighted by Crippen LogP contribution is -2.22. The minimum atomic E-state index is -4.19. The van der Waals surface area contributed by atoms with Gasteiger partial charge in [0.25, 0.3) is 0 Å². The van der Waals surface area contributed by atoms with Crippen LogP contribution >= 0.6 is 0 Å². The van der Waals surface area contributed by atoms with Crippen molar-refractivity contribution in [3.8, 4) is 0 Å². The highest BCUT2D eigenvalue weighted by molar-refractivity contribution is 5.66. The van der Waals surface area contributed by atoms with Crippen molar-refractivity contribution in [2.24, 2.45) is 5.92 Å². The fraction of sp³-hybridized carbons (Fsp3) is 0.875. The molecular formula is C8H13F3O2. The maximum Gasteiger partial charge on any atom is 0.391 e. The highest BCUT2D eigenvalue weighted by atomic mass is 19.4. The van der Waals surface area contributed by atoms with Crippen molar-refractivity contribution in [1.82, 2.24) is 0 Å². The molecule has 0 aliphatic carbocycles. The van der Waals surface area contributed by atoms with Gasteiger partial charge in [-0.2, -0.15) is 13.2 Å². The molecule has 0 fully saturated rings. The van der Waals surface area contributed by atoms with Crippen LogP contribution < -0.4 is 0 Å². The summed E-state index contributed by atoms with van der Waals surface area (Å²) in [5.41, 5.74) is 0. The van der Waals surface area contributed by atoms with Crippen molar-refractivity contribution in [3.63, 3.8) is 0 Å². The van der Waals surface area contributed by atoms with Gasteiger partial charge in [-0.3, -0.25) is 4.79 Å². The van der Waals surface area contributed by atoms with Gasteiger partial charge in [0, 0.05) is 6.42 Å². The average Bonchev–Trinajstić information content (AvgIpc) is 1.95. The molecule has 0 aromatic heterocycles. The summed E-state index contributed by atoms with van der Waals surface area (Å²) in [6, 6.07) is 0. The maximum absolute atomic E-state index is 12.1. The van der Waals surface area contributed by atoms with Gasteiger partial charge < -0.3 is 5.11 Å². The molecule has 0 aromatic rings. The SMILES string of the molecule is CCC(CCCC(=O)O)C(F)(F)F. The Labute approximate surface area is 74.7 Å². The van der Waals surface area contributed by atoms with Gasteiger partial charge in [0.15, 0.2) is 0 Å². The van der Waals surface area contributed by atoms with E-state index in [4.69, 9.17) is 5.11 Å². The summed E-state index contributed by atoms with van der Waals surface area (Å²) < 4.78 is 36.3. The smallest absolute Gasteiger partial charge is 0.391 e. The van der Waals surface area contributed by atoms with Crippen LogP contribution in [0.25, 0.3) is 0 Å². The molecular weight excluding hydrogens is 185 g/mol. The van der Waals surface area contributed by atoms with E-state index in [0.717, 1.165) is 0 Å². The van der Waals surface area contributed by atoms with Gasteiger partial charge in [-0.1, -0.05) is 6.92 Å². The number of carboxylic acids is 1. The Hall–Kier alpha value is -0.740. The summed E-state index contributed by atoms with van der Waals surface area (Å²) in [6.45, 7) is 1.46. The Balaban J connectivity index is 3.80. The fourth-order valence-electron chi connectivity index (χ4n) is 1.10. The quantitative estimate of drug-likeness (QED) is 0.737. The molecule has 13 heavy (non-hydrogen) atoms. The second-order valence-corrected chi connectivity index (χ2v) is 2.93. The number of carbonyl (C=O) groups is 1. The zero-order valence-electron chi connectivity index (χ0n) is 7.40. The van der Waals surface area contributed by atoms with E-state index in [2.05, 4.69) is 0 Å². The monoisotopic (exact) mass is 198 g/mol. The molecule has 0 aromatic carbocycles. The molecule has 2 nitrogen and oxygen atoms in total. The minimum Gasteiger partial charge on any atom is -0.481 e. The highest BCUT2D eigenvalue weighted by Crippen LogP contribution is 2.32. The molecule has 0 saturated heterocycles. The van der Waals surface area contributed by atoms with Gasteiger partial charge in [-0.25, -0.2) is 0 Å². The number of aliphatic carboxylic acids is 1. The number of hydrogen-bond donors (Lipinski definition) is 1. The number of carboxylic acid groups (broad SMARTS) is 1. The molecule has 0 rings (SSSR count). The van der Waals surface area contributed by atoms with Crippen LogP contribution in [0.1, 0.15) is 32.6 Å². The Morgan fingerprint density at radius 1 is 1.46 bits per heavy atom. The lowest BCUT2D eigenvalue weighted by molar-refractivity contribution is -0.177. The first-order valence-electron chi connectivity index (χ1n) is 4.16. The Morgan fingerprint density at radius 3 is 2.31 bits per heavy atom. The molecule has 0 amide bonds. The normalized spacial score (nSPS) is 14.2. The van der Waals surface area contributed by atoms with Crippen LogP contribution in [0.5, 0.6) is 0 Å². The van der Waals surface area contributed by atoms with E-state index in [1.54, 1.807) is 0 Å². The van der Waals surface area contributed by atoms with Crippen LogP contribution in [-0.4, -0.2) is 17.3 Å². The molecule has 0 spiro atoms. The first-order chi connectivity index (χ1) is 5.88.